The molecule has 172 valence electrons. The minimum absolute atomic E-state index is 0.0997. The molecule has 0 fully saturated rings. The molecule has 0 radical (unpaired) electrons. The molecular weight excluding hydrogens is 456 g/mol. The summed E-state index contributed by atoms with van der Waals surface area (Å²) < 4.78 is 1.60. The Labute approximate surface area is 200 Å². The Balaban J connectivity index is 0.00000103. The number of rotatable bonds is 5. The molecule has 10 heteroatoms. The lowest BCUT2D eigenvalue weighted by Crippen LogP contribution is -2.18. The van der Waals surface area contributed by atoms with Crippen LogP contribution in [-0.4, -0.2) is 26.1 Å². The molecular formula is C24H21ClN6O3. The summed E-state index contributed by atoms with van der Waals surface area (Å²) in [6.45, 7) is 1.74. The fourth-order valence-corrected chi connectivity index (χ4v) is 3.60. The number of carbonyl (C=O) groups is 1. The second-order valence-corrected chi connectivity index (χ2v) is 7.53. The Morgan fingerprint density at radius 2 is 1.91 bits per heavy atom. The highest BCUT2D eigenvalue weighted by atomic mass is 35.5. The van der Waals surface area contributed by atoms with Crippen molar-refractivity contribution in [2.75, 3.05) is 10.6 Å². The first-order valence-electron chi connectivity index (χ1n) is 10.1. The smallest absolute Gasteiger partial charge is 0.290 e. The molecule has 4 aromatic rings. The van der Waals surface area contributed by atoms with Crippen molar-refractivity contribution >= 4 is 46.0 Å². The summed E-state index contributed by atoms with van der Waals surface area (Å²) in [5, 5.41) is 23.9. The molecule has 0 aliphatic heterocycles. The summed E-state index contributed by atoms with van der Waals surface area (Å²) in [6.07, 6.45) is 3.28. The Kier molecular flexibility index (Phi) is 7.79. The maximum Gasteiger partial charge on any atom is 0.290 e. The average molecular weight is 477 g/mol. The van der Waals surface area contributed by atoms with Gasteiger partial charge in [-0.1, -0.05) is 17.7 Å². The van der Waals surface area contributed by atoms with Crippen molar-refractivity contribution in [3.05, 3.63) is 87.7 Å². The first kappa shape index (κ1) is 24.2. The van der Waals surface area contributed by atoms with Crippen LogP contribution in [0.4, 0.5) is 17.1 Å². The molecule has 1 aromatic carbocycles. The van der Waals surface area contributed by atoms with Crippen LogP contribution in [0.1, 0.15) is 24.2 Å². The normalized spacial score (nSPS) is 11.0. The highest BCUT2D eigenvalue weighted by molar-refractivity contribution is 6.31. The fourth-order valence-electron chi connectivity index (χ4n) is 3.40. The topological polar surface area (TPSA) is 133 Å². The molecule has 3 N–H and O–H groups in total. The molecule has 0 amide bonds. The molecule has 0 aliphatic rings. The van der Waals surface area contributed by atoms with E-state index in [2.05, 4.69) is 26.7 Å². The molecule has 1 unspecified atom stereocenters. The second kappa shape index (κ2) is 10.9. The summed E-state index contributed by atoms with van der Waals surface area (Å²) in [6, 6.07) is 16.6. The predicted molar refractivity (Wildman–Crippen MR) is 131 cm³/mol. The van der Waals surface area contributed by atoms with E-state index in [0.717, 1.165) is 22.3 Å². The van der Waals surface area contributed by atoms with Gasteiger partial charge in [-0.3, -0.25) is 14.6 Å². The Bertz CT molecular complexity index is 1420. The minimum atomic E-state index is -0.250. The van der Waals surface area contributed by atoms with E-state index in [1.807, 2.05) is 43.3 Å². The van der Waals surface area contributed by atoms with Gasteiger partial charge in [0.1, 0.15) is 16.8 Å². The van der Waals surface area contributed by atoms with E-state index in [1.165, 1.54) is 6.20 Å². The zero-order valence-electron chi connectivity index (χ0n) is 18.4. The first-order chi connectivity index (χ1) is 16.4. The third kappa shape index (κ3) is 5.31. The van der Waals surface area contributed by atoms with Crippen molar-refractivity contribution in [3.63, 3.8) is 0 Å². The fraction of sp³-hybridized carbons (Fsp3) is 0.125. The first-order valence-corrected chi connectivity index (χ1v) is 10.5. The molecule has 0 saturated heterocycles. The van der Waals surface area contributed by atoms with Gasteiger partial charge in [0.15, 0.2) is 0 Å². The van der Waals surface area contributed by atoms with Crippen LogP contribution in [0.5, 0.6) is 0 Å². The number of hydrogen-bond donors (Lipinski definition) is 3. The number of nitriles is 1. The van der Waals surface area contributed by atoms with Gasteiger partial charge in [0.2, 0.25) is 0 Å². The van der Waals surface area contributed by atoms with E-state index in [1.54, 1.807) is 29.9 Å². The van der Waals surface area contributed by atoms with E-state index in [0.29, 0.717) is 11.4 Å². The minimum Gasteiger partial charge on any atom is -0.483 e. The number of aromatic nitrogens is 3. The van der Waals surface area contributed by atoms with Crippen LogP contribution in [0.3, 0.4) is 0 Å². The van der Waals surface area contributed by atoms with Gasteiger partial charge in [0.05, 0.1) is 22.9 Å². The number of nitrogens with zero attached hydrogens (tertiary/aromatic N) is 4. The molecule has 4 rings (SSSR count). The van der Waals surface area contributed by atoms with Gasteiger partial charge in [0.25, 0.3) is 12.0 Å². The lowest BCUT2D eigenvalue weighted by atomic mass is 10.1. The SMILES string of the molecule is CC(Nc1cc(=O)n(C)c2ccc(Nc3ccnc(Cl)c3C#N)cc12)c1ccccn1.O=CO. The van der Waals surface area contributed by atoms with Crippen molar-refractivity contribution in [3.8, 4) is 6.07 Å². The highest BCUT2D eigenvalue weighted by Gasteiger charge is 2.13. The summed E-state index contributed by atoms with van der Waals surface area (Å²) >= 11 is 6.04. The zero-order valence-corrected chi connectivity index (χ0v) is 19.1. The average Bonchev–Trinajstić information content (AvgIpc) is 2.83. The molecule has 34 heavy (non-hydrogen) atoms. The molecule has 0 saturated carbocycles. The van der Waals surface area contributed by atoms with Crippen LogP contribution in [-0.2, 0) is 11.8 Å². The van der Waals surface area contributed by atoms with Gasteiger partial charge < -0.3 is 20.3 Å². The maximum absolute atomic E-state index is 12.5. The van der Waals surface area contributed by atoms with Crippen LogP contribution in [0, 0.1) is 11.3 Å². The molecule has 3 aromatic heterocycles. The Morgan fingerprint density at radius 3 is 2.59 bits per heavy atom. The van der Waals surface area contributed by atoms with Crippen LogP contribution < -0.4 is 16.2 Å². The van der Waals surface area contributed by atoms with Gasteiger partial charge in [-0.05, 0) is 43.3 Å². The standard InChI is InChI=1S/C23H19ClN6O.CH2O2/c1-14(18-5-3-4-9-26-18)28-20-12-22(31)30(2)21-7-6-15(11-16(20)21)29-19-8-10-27-23(24)17(19)13-25;2-1-3/h3-12,14,28H,1-2H3,(H,27,29);1H,(H,2,3). The second-order valence-electron chi connectivity index (χ2n) is 7.17. The zero-order chi connectivity index (χ0) is 24.7. The van der Waals surface area contributed by atoms with Crippen molar-refractivity contribution in [2.24, 2.45) is 7.05 Å². The number of pyridine rings is 3. The van der Waals surface area contributed by atoms with Gasteiger partial charge in [-0.2, -0.15) is 5.26 Å². The van der Waals surface area contributed by atoms with Crippen molar-refractivity contribution < 1.29 is 9.90 Å². The summed E-state index contributed by atoms with van der Waals surface area (Å²) in [7, 11) is 1.74. The largest absolute Gasteiger partial charge is 0.483 e. The molecule has 0 aliphatic carbocycles. The van der Waals surface area contributed by atoms with Crippen molar-refractivity contribution in [1.82, 2.24) is 14.5 Å². The van der Waals surface area contributed by atoms with E-state index in [-0.39, 0.29) is 28.8 Å². The van der Waals surface area contributed by atoms with Gasteiger partial charge in [-0.25, -0.2) is 4.98 Å². The third-order valence-electron chi connectivity index (χ3n) is 5.05. The number of anilines is 3. The van der Waals surface area contributed by atoms with Crippen LogP contribution >= 0.6 is 11.6 Å². The number of fused-ring (bicyclic) bond motifs is 1. The molecule has 0 spiro atoms. The number of carboxylic acid groups (broad SMARTS) is 1. The van der Waals surface area contributed by atoms with E-state index >= 15 is 0 Å². The maximum atomic E-state index is 12.5. The highest BCUT2D eigenvalue weighted by Crippen LogP contribution is 2.30. The van der Waals surface area contributed by atoms with Gasteiger partial charge >= 0.3 is 0 Å². The number of benzene rings is 1. The Morgan fingerprint density at radius 1 is 1.15 bits per heavy atom. The molecule has 1 atom stereocenters. The third-order valence-corrected chi connectivity index (χ3v) is 5.33. The lowest BCUT2D eigenvalue weighted by Gasteiger charge is -2.18. The number of halogens is 1. The molecule has 9 nitrogen and oxygen atoms in total. The lowest BCUT2D eigenvalue weighted by molar-refractivity contribution is -0.122. The quantitative estimate of drug-likeness (QED) is 0.284. The predicted octanol–water partition coefficient (Wildman–Crippen LogP) is 4.47. The van der Waals surface area contributed by atoms with Gasteiger partial charge in [-0.15, -0.1) is 0 Å². The number of aryl methyl sites for hydroxylation is 1. The summed E-state index contributed by atoms with van der Waals surface area (Å²) in [4.78, 5) is 29.2. The molecule has 3 heterocycles. The monoisotopic (exact) mass is 476 g/mol. The number of nitrogens with one attached hydrogen (secondary N) is 2. The van der Waals surface area contributed by atoms with Crippen molar-refractivity contribution in [1.29, 1.82) is 5.26 Å². The summed E-state index contributed by atoms with van der Waals surface area (Å²) in [5.41, 5.74) is 3.82. The Hall–Kier alpha value is -4.42. The summed E-state index contributed by atoms with van der Waals surface area (Å²) in [5.74, 6) is 0. The van der Waals surface area contributed by atoms with E-state index in [4.69, 9.17) is 21.5 Å². The molecule has 0 bridgehead atoms. The van der Waals surface area contributed by atoms with Crippen molar-refractivity contribution in [2.45, 2.75) is 13.0 Å². The van der Waals surface area contributed by atoms with Gasteiger partial charge in [0, 0.05) is 42.3 Å². The van der Waals surface area contributed by atoms with Crippen LogP contribution in [0.15, 0.2) is 65.7 Å². The van der Waals surface area contributed by atoms with E-state index < -0.39 is 0 Å². The van der Waals surface area contributed by atoms with Crippen LogP contribution in [0.25, 0.3) is 10.9 Å². The van der Waals surface area contributed by atoms with E-state index in [9.17, 15) is 10.1 Å². The number of hydrogen-bond acceptors (Lipinski definition) is 7. The van der Waals surface area contributed by atoms with Crippen LogP contribution in [0.2, 0.25) is 5.15 Å².